The van der Waals surface area contributed by atoms with Gasteiger partial charge in [0.2, 0.25) is 0 Å². The maximum absolute atomic E-state index is 12.4. The van der Waals surface area contributed by atoms with Crippen molar-refractivity contribution in [2.45, 2.75) is 20.0 Å². The van der Waals surface area contributed by atoms with Crippen LogP contribution in [0.3, 0.4) is 0 Å². The van der Waals surface area contributed by atoms with E-state index in [1.807, 2.05) is 0 Å². The van der Waals surface area contributed by atoms with Gasteiger partial charge in [-0.15, -0.1) is 0 Å². The third kappa shape index (κ3) is 4.67. The molecule has 1 heterocycles. The summed E-state index contributed by atoms with van der Waals surface area (Å²) in [5.41, 5.74) is 0.996. The summed E-state index contributed by atoms with van der Waals surface area (Å²) in [4.78, 5) is 34.9. The molecule has 0 saturated carbocycles. The van der Waals surface area contributed by atoms with Crippen molar-refractivity contribution >= 4 is 23.3 Å². The fourth-order valence-electron chi connectivity index (χ4n) is 2.61. The van der Waals surface area contributed by atoms with Crippen LogP contribution in [0.1, 0.15) is 34.8 Å². The summed E-state index contributed by atoms with van der Waals surface area (Å²) in [6.45, 7) is 3.52. The van der Waals surface area contributed by atoms with Crippen molar-refractivity contribution in [1.82, 2.24) is 0 Å². The Morgan fingerprint density at radius 1 is 1.03 bits per heavy atom. The number of esters is 1. The average molecular weight is 394 g/mol. The maximum atomic E-state index is 12.4. The summed E-state index contributed by atoms with van der Waals surface area (Å²) in [7, 11) is 0. The first-order valence-electron chi connectivity index (χ1n) is 8.81. The van der Waals surface area contributed by atoms with Gasteiger partial charge in [-0.2, -0.15) is 0 Å². The number of rotatable bonds is 6. The van der Waals surface area contributed by atoms with Crippen molar-refractivity contribution in [3.05, 3.63) is 82.1 Å². The molecule has 0 unspecified atom stereocenters. The Morgan fingerprint density at radius 3 is 2.38 bits per heavy atom. The number of furan rings is 1. The molecule has 3 rings (SSSR count). The van der Waals surface area contributed by atoms with E-state index in [4.69, 9.17) is 9.15 Å². The van der Waals surface area contributed by atoms with Gasteiger partial charge in [0.1, 0.15) is 5.76 Å². The molecule has 0 aliphatic rings. The van der Waals surface area contributed by atoms with Gasteiger partial charge >= 0.3 is 5.97 Å². The number of nitrogens with zero attached hydrogens (tertiary/aromatic N) is 1. The third-order valence-electron chi connectivity index (χ3n) is 3.92. The number of hydrogen-bond donors (Lipinski definition) is 1. The van der Waals surface area contributed by atoms with E-state index in [0.29, 0.717) is 11.3 Å². The third-order valence-corrected chi connectivity index (χ3v) is 3.92. The zero-order valence-corrected chi connectivity index (χ0v) is 15.7. The fourth-order valence-corrected chi connectivity index (χ4v) is 2.61. The lowest BCUT2D eigenvalue weighted by atomic mass is 10.1. The predicted octanol–water partition coefficient (Wildman–Crippen LogP) is 4.67. The van der Waals surface area contributed by atoms with Crippen LogP contribution in [-0.4, -0.2) is 22.9 Å². The van der Waals surface area contributed by atoms with E-state index >= 15 is 0 Å². The second-order valence-electron chi connectivity index (χ2n) is 6.42. The molecule has 0 bridgehead atoms. The van der Waals surface area contributed by atoms with Crippen molar-refractivity contribution in [3.63, 3.8) is 0 Å². The number of benzene rings is 2. The van der Waals surface area contributed by atoms with E-state index < -0.39 is 16.8 Å². The van der Waals surface area contributed by atoms with Crippen LogP contribution in [0, 0.1) is 10.1 Å². The number of ether oxygens (including phenoxy) is 1. The Bertz CT molecular complexity index is 1050. The number of para-hydroxylation sites is 1. The Kier molecular flexibility index (Phi) is 5.73. The number of amides is 1. The van der Waals surface area contributed by atoms with E-state index in [9.17, 15) is 19.7 Å². The summed E-state index contributed by atoms with van der Waals surface area (Å²) in [5, 5.41) is 13.8. The number of hydrogen-bond acceptors (Lipinski definition) is 6. The molecule has 148 valence electrons. The molecule has 8 heteroatoms. The highest BCUT2D eigenvalue weighted by Gasteiger charge is 2.19. The van der Waals surface area contributed by atoms with E-state index in [2.05, 4.69) is 5.32 Å². The zero-order valence-electron chi connectivity index (χ0n) is 15.7. The van der Waals surface area contributed by atoms with Gasteiger partial charge in [0.25, 0.3) is 11.6 Å². The number of anilines is 1. The Morgan fingerprint density at radius 2 is 1.72 bits per heavy atom. The van der Waals surface area contributed by atoms with Gasteiger partial charge < -0.3 is 14.5 Å². The topological polar surface area (TPSA) is 112 Å². The molecule has 3 aromatic rings. The monoisotopic (exact) mass is 394 g/mol. The fraction of sp³-hybridized carbons (Fsp3) is 0.143. The van der Waals surface area contributed by atoms with Gasteiger partial charge in [0.05, 0.1) is 22.2 Å². The van der Waals surface area contributed by atoms with Gasteiger partial charge in [0.15, 0.2) is 5.76 Å². The number of carbonyl (C=O) groups excluding carboxylic acids is 2. The Hall–Kier alpha value is -3.94. The lowest BCUT2D eigenvalue weighted by Gasteiger charge is -2.08. The molecule has 8 nitrogen and oxygen atoms in total. The number of nitrogens with one attached hydrogen (secondary N) is 1. The van der Waals surface area contributed by atoms with Crippen molar-refractivity contribution in [1.29, 1.82) is 0 Å². The average Bonchev–Trinajstić information content (AvgIpc) is 3.18. The quantitative estimate of drug-likeness (QED) is 0.369. The van der Waals surface area contributed by atoms with E-state index in [-0.39, 0.29) is 28.9 Å². The highest BCUT2D eigenvalue weighted by molar-refractivity contribution is 6.03. The van der Waals surface area contributed by atoms with Gasteiger partial charge in [-0.05, 0) is 56.3 Å². The van der Waals surface area contributed by atoms with Gasteiger partial charge in [0, 0.05) is 11.8 Å². The summed E-state index contributed by atoms with van der Waals surface area (Å²) in [6, 6.07) is 15.3. The van der Waals surface area contributed by atoms with Gasteiger partial charge in [-0.1, -0.05) is 12.1 Å². The molecule has 1 N–H and O–H groups in total. The van der Waals surface area contributed by atoms with Crippen molar-refractivity contribution in [3.8, 4) is 11.3 Å². The molecule has 0 radical (unpaired) electrons. The van der Waals surface area contributed by atoms with Crippen LogP contribution in [0.25, 0.3) is 11.3 Å². The summed E-state index contributed by atoms with van der Waals surface area (Å²) < 4.78 is 10.6. The van der Waals surface area contributed by atoms with Crippen LogP contribution in [0.2, 0.25) is 0 Å². The minimum atomic E-state index is -0.521. The minimum absolute atomic E-state index is 0.00134. The molecular weight excluding hydrogens is 376 g/mol. The largest absolute Gasteiger partial charge is 0.459 e. The van der Waals surface area contributed by atoms with E-state index in [1.165, 1.54) is 18.2 Å². The smallest absolute Gasteiger partial charge is 0.338 e. The second kappa shape index (κ2) is 8.39. The van der Waals surface area contributed by atoms with Crippen molar-refractivity contribution < 1.29 is 23.7 Å². The Balaban J connectivity index is 1.73. The minimum Gasteiger partial charge on any atom is -0.459 e. The van der Waals surface area contributed by atoms with Crippen LogP contribution in [0.4, 0.5) is 11.4 Å². The first kappa shape index (κ1) is 19.8. The molecule has 2 aromatic carbocycles. The number of nitro groups is 1. The van der Waals surface area contributed by atoms with Crippen molar-refractivity contribution in [2.75, 3.05) is 5.32 Å². The normalized spacial score (nSPS) is 10.6. The van der Waals surface area contributed by atoms with Gasteiger partial charge in [-0.25, -0.2) is 4.79 Å². The Labute approximate surface area is 166 Å². The molecule has 0 aliphatic carbocycles. The first-order chi connectivity index (χ1) is 13.8. The summed E-state index contributed by atoms with van der Waals surface area (Å²) >= 11 is 0. The molecular formula is C21H18N2O6. The number of nitro benzene ring substituents is 1. The molecule has 29 heavy (non-hydrogen) atoms. The lowest BCUT2D eigenvalue weighted by Crippen LogP contribution is -2.13. The van der Waals surface area contributed by atoms with Crippen LogP contribution in [0.15, 0.2) is 65.1 Å². The van der Waals surface area contributed by atoms with Gasteiger partial charge in [-0.3, -0.25) is 14.9 Å². The van der Waals surface area contributed by atoms with Crippen LogP contribution in [-0.2, 0) is 4.74 Å². The highest BCUT2D eigenvalue weighted by Crippen LogP contribution is 2.31. The molecule has 0 fully saturated rings. The van der Waals surface area contributed by atoms with E-state index in [1.54, 1.807) is 56.3 Å². The molecule has 1 aromatic heterocycles. The zero-order chi connectivity index (χ0) is 21.0. The highest BCUT2D eigenvalue weighted by atomic mass is 16.6. The van der Waals surface area contributed by atoms with Crippen LogP contribution in [0.5, 0.6) is 0 Å². The summed E-state index contributed by atoms with van der Waals surface area (Å²) in [5.74, 6) is -0.749. The van der Waals surface area contributed by atoms with Crippen LogP contribution >= 0.6 is 0 Å². The molecule has 0 spiro atoms. The first-order valence-corrected chi connectivity index (χ1v) is 8.81. The predicted molar refractivity (Wildman–Crippen MR) is 106 cm³/mol. The second-order valence-corrected chi connectivity index (χ2v) is 6.42. The van der Waals surface area contributed by atoms with E-state index in [0.717, 1.165) is 0 Å². The number of carbonyl (C=O) groups is 2. The lowest BCUT2D eigenvalue weighted by molar-refractivity contribution is -0.384. The van der Waals surface area contributed by atoms with Crippen LogP contribution < -0.4 is 5.32 Å². The molecule has 1 amide bonds. The maximum Gasteiger partial charge on any atom is 0.338 e. The summed E-state index contributed by atoms with van der Waals surface area (Å²) in [6.07, 6.45) is -0.226. The van der Waals surface area contributed by atoms with Crippen molar-refractivity contribution in [2.24, 2.45) is 0 Å². The standard InChI is InChI=1S/C21H18N2O6/c1-13(2)28-21(25)14-7-9-15(10-8-14)22-20(24)19-12-11-18(29-19)16-5-3-4-6-17(16)23(26)27/h3-13H,1-2H3,(H,22,24). The molecule has 0 saturated heterocycles. The molecule has 0 aliphatic heterocycles. The molecule has 0 atom stereocenters. The SMILES string of the molecule is CC(C)OC(=O)c1ccc(NC(=O)c2ccc(-c3ccccc3[N+](=O)[O-])o2)cc1.